The van der Waals surface area contributed by atoms with E-state index in [1.807, 2.05) is 27.7 Å². The van der Waals surface area contributed by atoms with Gasteiger partial charge in [-0.25, -0.2) is 14.8 Å². The Balaban J connectivity index is 2.83. The number of nitrogens with zero attached hydrogens (tertiary/aromatic N) is 2. The van der Waals surface area contributed by atoms with Crippen molar-refractivity contribution in [3.8, 4) is 0 Å². The maximum atomic E-state index is 12.1. The van der Waals surface area contributed by atoms with E-state index in [4.69, 9.17) is 4.74 Å². The molecule has 1 aliphatic rings. The number of ether oxygens (including phenoxy) is 1. The lowest BCUT2D eigenvalue weighted by atomic mass is 10.1. The van der Waals surface area contributed by atoms with E-state index in [-0.39, 0.29) is 5.91 Å². The molecule has 0 saturated carbocycles. The van der Waals surface area contributed by atoms with Crippen LogP contribution >= 0.6 is 0 Å². The van der Waals surface area contributed by atoms with E-state index in [0.29, 0.717) is 19.6 Å². The molecule has 1 heterocycles. The van der Waals surface area contributed by atoms with Crippen LogP contribution in [0.1, 0.15) is 53.4 Å². The molecule has 1 saturated heterocycles. The molecule has 0 N–H and O–H groups in total. The van der Waals surface area contributed by atoms with Crippen molar-refractivity contribution in [1.82, 2.24) is 10.0 Å². The molecule has 0 bridgehead atoms. The molecule has 18 heavy (non-hydrogen) atoms. The Morgan fingerprint density at radius 1 is 1.39 bits per heavy atom. The lowest BCUT2D eigenvalue weighted by Gasteiger charge is -2.43. The SMILES string of the molecule is CCCOC(=O)N(N1CCCCC1=O)C(C)(C)C. The van der Waals surface area contributed by atoms with Crippen molar-refractivity contribution >= 4 is 12.0 Å². The van der Waals surface area contributed by atoms with Gasteiger partial charge in [0.2, 0.25) is 5.91 Å². The Bertz CT molecular complexity index is 310. The van der Waals surface area contributed by atoms with Gasteiger partial charge in [0.25, 0.3) is 0 Å². The quantitative estimate of drug-likeness (QED) is 0.779. The van der Waals surface area contributed by atoms with Gasteiger partial charge >= 0.3 is 6.09 Å². The molecule has 5 heteroatoms. The number of hydrazine groups is 1. The molecule has 0 aromatic carbocycles. The third-order valence-corrected chi connectivity index (χ3v) is 2.78. The standard InChI is InChI=1S/C13H24N2O3/c1-5-10-18-12(17)15(13(2,3)4)14-9-7-6-8-11(14)16/h5-10H2,1-4H3. The predicted octanol–water partition coefficient (Wildman–Crippen LogP) is 2.56. The van der Waals surface area contributed by atoms with Crippen LogP contribution < -0.4 is 0 Å². The monoisotopic (exact) mass is 256 g/mol. The molecule has 0 aromatic rings. The molecule has 104 valence electrons. The van der Waals surface area contributed by atoms with Gasteiger partial charge in [-0.2, -0.15) is 0 Å². The largest absolute Gasteiger partial charge is 0.448 e. The average molecular weight is 256 g/mol. The van der Waals surface area contributed by atoms with Crippen molar-refractivity contribution < 1.29 is 14.3 Å². The van der Waals surface area contributed by atoms with Crippen molar-refractivity contribution in [3.63, 3.8) is 0 Å². The van der Waals surface area contributed by atoms with Crippen LogP contribution in [0.2, 0.25) is 0 Å². The normalized spacial score (nSPS) is 16.7. The van der Waals surface area contributed by atoms with E-state index in [2.05, 4.69) is 0 Å². The highest BCUT2D eigenvalue weighted by Crippen LogP contribution is 2.22. The van der Waals surface area contributed by atoms with Gasteiger partial charge in [0, 0.05) is 13.0 Å². The Hall–Kier alpha value is -1.26. The summed E-state index contributed by atoms with van der Waals surface area (Å²) in [6.45, 7) is 8.64. The summed E-state index contributed by atoms with van der Waals surface area (Å²) in [4.78, 5) is 24.0. The Morgan fingerprint density at radius 3 is 2.56 bits per heavy atom. The minimum absolute atomic E-state index is 0.00428. The van der Waals surface area contributed by atoms with E-state index in [1.165, 1.54) is 5.01 Å². The molecular weight excluding hydrogens is 232 g/mol. The second-order valence-electron chi connectivity index (χ2n) is 5.57. The van der Waals surface area contributed by atoms with Crippen LogP contribution in [0.4, 0.5) is 4.79 Å². The highest BCUT2D eigenvalue weighted by molar-refractivity contribution is 5.80. The minimum Gasteiger partial charge on any atom is -0.448 e. The van der Waals surface area contributed by atoms with Gasteiger partial charge in [0.15, 0.2) is 0 Å². The summed E-state index contributed by atoms with van der Waals surface area (Å²) in [7, 11) is 0. The summed E-state index contributed by atoms with van der Waals surface area (Å²) >= 11 is 0. The summed E-state index contributed by atoms with van der Waals surface area (Å²) in [5, 5.41) is 3.01. The lowest BCUT2D eigenvalue weighted by molar-refractivity contribution is -0.158. The first-order valence-electron chi connectivity index (χ1n) is 6.65. The second-order valence-corrected chi connectivity index (χ2v) is 5.57. The van der Waals surface area contributed by atoms with E-state index >= 15 is 0 Å². The van der Waals surface area contributed by atoms with Gasteiger partial charge in [0.05, 0.1) is 12.1 Å². The average Bonchev–Trinajstić information content (AvgIpc) is 2.27. The van der Waals surface area contributed by atoms with Crippen LogP contribution in [0.15, 0.2) is 0 Å². The molecule has 0 aliphatic carbocycles. The van der Waals surface area contributed by atoms with Gasteiger partial charge in [-0.1, -0.05) is 6.92 Å². The molecule has 0 unspecified atom stereocenters. The molecule has 0 spiro atoms. The molecule has 2 amide bonds. The first kappa shape index (κ1) is 14.8. The van der Waals surface area contributed by atoms with Gasteiger partial charge in [-0.3, -0.25) is 4.79 Å². The maximum absolute atomic E-state index is 12.1. The number of hydrogen-bond acceptors (Lipinski definition) is 3. The van der Waals surface area contributed by atoms with Crippen molar-refractivity contribution in [2.45, 2.75) is 58.9 Å². The fraction of sp³-hybridized carbons (Fsp3) is 0.846. The Morgan fingerprint density at radius 2 is 2.06 bits per heavy atom. The zero-order valence-electron chi connectivity index (χ0n) is 11.9. The summed E-state index contributed by atoms with van der Waals surface area (Å²) < 4.78 is 5.17. The third kappa shape index (κ3) is 3.62. The molecule has 5 nitrogen and oxygen atoms in total. The second kappa shape index (κ2) is 6.07. The number of carbonyl (C=O) groups excluding carboxylic acids is 2. The molecule has 0 radical (unpaired) electrons. The number of carbonyl (C=O) groups is 2. The first-order valence-corrected chi connectivity index (χ1v) is 6.65. The van der Waals surface area contributed by atoms with Crippen LogP contribution in [0.3, 0.4) is 0 Å². The Labute approximate surface area is 109 Å². The molecular formula is C13H24N2O3. The molecule has 0 aromatic heterocycles. The zero-order chi connectivity index (χ0) is 13.8. The smallest absolute Gasteiger partial charge is 0.429 e. The van der Waals surface area contributed by atoms with E-state index in [1.54, 1.807) is 5.01 Å². The third-order valence-electron chi connectivity index (χ3n) is 2.78. The predicted molar refractivity (Wildman–Crippen MR) is 68.8 cm³/mol. The fourth-order valence-corrected chi connectivity index (χ4v) is 1.99. The van der Waals surface area contributed by atoms with Gasteiger partial charge in [-0.15, -0.1) is 0 Å². The minimum atomic E-state index is -0.460. The highest BCUT2D eigenvalue weighted by Gasteiger charge is 2.36. The number of hydrogen-bond donors (Lipinski definition) is 0. The Kier molecular flexibility index (Phi) is 4.99. The van der Waals surface area contributed by atoms with E-state index < -0.39 is 11.6 Å². The van der Waals surface area contributed by atoms with Crippen molar-refractivity contribution in [3.05, 3.63) is 0 Å². The van der Waals surface area contributed by atoms with Crippen molar-refractivity contribution in [2.24, 2.45) is 0 Å². The summed E-state index contributed by atoms with van der Waals surface area (Å²) in [5.41, 5.74) is -0.460. The van der Waals surface area contributed by atoms with Crippen molar-refractivity contribution in [1.29, 1.82) is 0 Å². The van der Waals surface area contributed by atoms with Gasteiger partial charge in [-0.05, 0) is 40.0 Å². The number of amides is 2. The van der Waals surface area contributed by atoms with Gasteiger partial charge in [0.1, 0.15) is 0 Å². The lowest BCUT2D eigenvalue weighted by Crippen LogP contribution is -2.59. The maximum Gasteiger partial charge on any atom is 0.429 e. The first-order chi connectivity index (χ1) is 8.38. The highest BCUT2D eigenvalue weighted by atomic mass is 16.6. The van der Waals surface area contributed by atoms with E-state index in [9.17, 15) is 9.59 Å². The summed E-state index contributed by atoms with van der Waals surface area (Å²) in [5.74, 6) is 0.00428. The van der Waals surface area contributed by atoms with Crippen LogP contribution in [0, 0.1) is 0 Å². The topological polar surface area (TPSA) is 49.9 Å². The molecule has 1 fully saturated rings. The van der Waals surface area contributed by atoms with Crippen LogP contribution in [0.25, 0.3) is 0 Å². The van der Waals surface area contributed by atoms with E-state index in [0.717, 1.165) is 19.3 Å². The fourth-order valence-electron chi connectivity index (χ4n) is 1.99. The number of piperidine rings is 1. The van der Waals surface area contributed by atoms with Crippen LogP contribution in [-0.4, -0.2) is 40.7 Å². The number of rotatable bonds is 3. The summed E-state index contributed by atoms with van der Waals surface area (Å²) in [6.07, 6.45) is 2.68. The van der Waals surface area contributed by atoms with Crippen LogP contribution in [0.5, 0.6) is 0 Å². The summed E-state index contributed by atoms with van der Waals surface area (Å²) in [6, 6.07) is 0. The molecule has 1 rings (SSSR count). The van der Waals surface area contributed by atoms with Crippen molar-refractivity contribution in [2.75, 3.05) is 13.2 Å². The van der Waals surface area contributed by atoms with Gasteiger partial charge < -0.3 is 4.74 Å². The zero-order valence-corrected chi connectivity index (χ0v) is 11.9. The van der Waals surface area contributed by atoms with Crippen LogP contribution in [-0.2, 0) is 9.53 Å². The molecule has 1 aliphatic heterocycles. The molecule has 0 atom stereocenters.